The highest BCUT2D eigenvalue weighted by Crippen LogP contribution is 1.95. The van der Waals surface area contributed by atoms with Crippen molar-refractivity contribution >= 4 is 23.8 Å². The van der Waals surface area contributed by atoms with Crippen LogP contribution in [-0.2, 0) is 0 Å². The van der Waals surface area contributed by atoms with E-state index in [0.717, 1.165) is 0 Å². The van der Waals surface area contributed by atoms with Crippen molar-refractivity contribution in [3.05, 3.63) is 12.1 Å². The molecule has 0 aliphatic rings. The Bertz CT molecular complexity index is 49.5. The largest absolute Gasteiger partial charge is 0.129 e. The van der Waals surface area contributed by atoms with Gasteiger partial charge in [-0.1, -0.05) is 22.0 Å². The van der Waals surface area contributed by atoms with Crippen LogP contribution in [0.2, 0.25) is 0 Å². The molecule has 0 saturated carbocycles. The predicted octanol–water partition coefficient (Wildman–Crippen LogP) is 0.917. The lowest BCUT2D eigenvalue weighted by molar-refractivity contribution is 1.28. The molecule has 2 heteroatoms. The molecule has 0 aromatic heterocycles. The first-order valence-corrected chi connectivity index (χ1v) is 2.96. The summed E-state index contributed by atoms with van der Waals surface area (Å²) in [6.45, 7) is 2.08. The molecule has 34 valence electrons. The van der Waals surface area contributed by atoms with Crippen LogP contribution < -0.4 is 0 Å². The van der Waals surface area contributed by atoms with Crippen molar-refractivity contribution in [3.8, 4) is 0 Å². The maximum absolute atomic E-state index is 3.35. The summed E-state index contributed by atoms with van der Waals surface area (Å²) in [6.07, 6.45) is 2.08. The molecular formula is C4H8BBr. The third-order valence-electron chi connectivity index (χ3n) is 0.458. The summed E-state index contributed by atoms with van der Waals surface area (Å²) in [7, 11) is 2.01. The van der Waals surface area contributed by atoms with Gasteiger partial charge < -0.3 is 0 Å². The lowest BCUT2D eigenvalue weighted by Crippen LogP contribution is -1.77. The Kier molecular flexibility index (Phi) is 3.64. The van der Waals surface area contributed by atoms with Crippen LogP contribution in [0.25, 0.3) is 0 Å². The molecule has 0 N–H and O–H groups in total. The third kappa shape index (κ3) is 4.28. The minimum atomic E-state index is 0.530. The van der Waals surface area contributed by atoms with Gasteiger partial charge in [-0.2, -0.15) is 0 Å². The average molecular weight is 147 g/mol. The monoisotopic (exact) mass is 146 g/mol. The van der Waals surface area contributed by atoms with Gasteiger partial charge in [0.25, 0.3) is 0 Å². The van der Waals surface area contributed by atoms with Crippen LogP contribution >= 0.6 is 15.9 Å². The number of hydrogen-bond acceptors (Lipinski definition) is 0. The Labute approximate surface area is 48.2 Å². The molecular weight excluding hydrogens is 139 g/mol. The molecule has 0 radical (unpaired) electrons. The van der Waals surface area contributed by atoms with E-state index in [1.54, 1.807) is 0 Å². The van der Waals surface area contributed by atoms with E-state index in [0.29, 0.717) is 4.83 Å². The molecule has 0 bridgehead atoms. The average Bonchev–Trinajstić information content (AvgIpc) is 1.35. The summed E-state index contributed by atoms with van der Waals surface area (Å²) in [4.78, 5) is 0.530. The summed E-state index contributed by atoms with van der Waals surface area (Å²) in [5.74, 6) is 2.03. The van der Waals surface area contributed by atoms with E-state index in [4.69, 9.17) is 0 Å². The van der Waals surface area contributed by atoms with Crippen LogP contribution in [0.15, 0.2) is 12.1 Å². The first kappa shape index (κ1) is 6.28. The Hall–Kier alpha value is 0.285. The molecule has 6 heavy (non-hydrogen) atoms. The fourth-order valence-corrected chi connectivity index (χ4v) is 0.570. The van der Waals surface area contributed by atoms with E-state index < -0.39 is 0 Å². The van der Waals surface area contributed by atoms with E-state index >= 15 is 0 Å². The van der Waals surface area contributed by atoms with Crippen LogP contribution in [0.4, 0.5) is 0 Å². The van der Waals surface area contributed by atoms with Gasteiger partial charge in [0.1, 0.15) is 7.85 Å². The topological polar surface area (TPSA) is 0 Å². The van der Waals surface area contributed by atoms with E-state index in [1.165, 1.54) is 0 Å². The van der Waals surface area contributed by atoms with E-state index in [1.807, 2.05) is 13.8 Å². The molecule has 0 heterocycles. The number of halogens is 1. The second kappa shape index (κ2) is 3.47. The maximum Gasteiger partial charge on any atom is 0.129 e. The smallest absolute Gasteiger partial charge is 0.127 e. The van der Waals surface area contributed by atoms with Gasteiger partial charge in [0.05, 0.1) is 0 Å². The lowest BCUT2D eigenvalue weighted by Gasteiger charge is -1.84. The van der Waals surface area contributed by atoms with Gasteiger partial charge in [-0.05, 0) is 6.92 Å². The Morgan fingerprint density at radius 1 is 1.83 bits per heavy atom. The minimum Gasteiger partial charge on any atom is -0.127 e. The van der Waals surface area contributed by atoms with Crippen LogP contribution in [-0.4, -0.2) is 12.7 Å². The lowest BCUT2D eigenvalue weighted by atomic mass is 10.1. The fourth-order valence-electron chi connectivity index (χ4n) is 0.265. The number of rotatable bonds is 1. The van der Waals surface area contributed by atoms with E-state index in [2.05, 4.69) is 28.9 Å². The highest BCUT2D eigenvalue weighted by molar-refractivity contribution is 9.09. The molecule has 0 nitrogen and oxygen atoms in total. The molecule has 0 fully saturated rings. The van der Waals surface area contributed by atoms with Gasteiger partial charge in [0.2, 0.25) is 0 Å². The Morgan fingerprint density at radius 2 is 2.33 bits per heavy atom. The van der Waals surface area contributed by atoms with Gasteiger partial charge in [-0.15, -0.1) is 5.98 Å². The standard InChI is InChI=1S/C4H8BBr/c1-4(6)2-3-5/h2-4H,5H2,1H3/b3-2+. The van der Waals surface area contributed by atoms with Crippen molar-refractivity contribution in [3.63, 3.8) is 0 Å². The van der Waals surface area contributed by atoms with Crippen LogP contribution in [0, 0.1) is 0 Å². The summed E-state index contributed by atoms with van der Waals surface area (Å²) in [5, 5.41) is 0. The normalized spacial score (nSPS) is 15.7. The summed E-state index contributed by atoms with van der Waals surface area (Å²) < 4.78 is 0. The summed E-state index contributed by atoms with van der Waals surface area (Å²) >= 11 is 3.35. The van der Waals surface area contributed by atoms with Gasteiger partial charge >= 0.3 is 0 Å². The maximum atomic E-state index is 3.35. The minimum absolute atomic E-state index is 0.530. The zero-order chi connectivity index (χ0) is 4.99. The molecule has 0 saturated heterocycles. The SMILES string of the molecule is B/C=C/C(C)Br. The van der Waals surface area contributed by atoms with Crippen molar-refractivity contribution in [2.24, 2.45) is 0 Å². The second-order valence-electron chi connectivity index (χ2n) is 1.20. The first-order valence-electron chi connectivity index (χ1n) is 2.04. The first-order chi connectivity index (χ1) is 2.77. The number of alkyl halides is 1. The quantitative estimate of drug-likeness (QED) is 0.382. The highest BCUT2D eigenvalue weighted by atomic mass is 79.9. The van der Waals surface area contributed by atoms with Crippen molar-refractivity contribution in [1.29, 1.82) is 0 Å². The molecule has 1 atom stereocenters. The Balaban J connectivity index is 3.03. The zero-order valence-corrected chi connectivity index (χ0v) is 5.70. The molecule has 0 aromatic carbocycles. The van der Waals surface area contributed by atoms with E-state index in [9.17, 15) is 0 Å². The van der Waals surface area contributed by atoms with Crippen LogP contribution in [0.3, 0.4) is 0 Å². The highest BCUT2D eigenvalue weighted by Gasteiger charge is 1.79. The molecule has 0 aliphatic heterocycles. The fraction of sp³-hybridized carbons (Fsp3) is 0.500. The zero-order valence-electron chi connectivity index (χ0n) is 4.11. The third-order valence-corrected chi connectivity index (χ3v) is 0.763. The predicted molar refractivity (Wildman–Crippen MR) is 36.1 cm³/mol. The molecule has 0 spiro atoms. The molecule has 0 aliphatic carbocycles. The summed E-state index contributed by atoms with van der Waals surface area (Å²) in [5.41, 5.74) is 0. The molecule has 1 unspecified atom stereocenters. The molecule has 0 rings (SSSR count). The van der Waals surface area contributed by atoms with Gasteiger partial charge in [0, 0.05) is 4.83 Å². The van der Waals surface area contributed by atoms with Crippen molar-refractivity contribution in [1.82, 2.24) is 0 Å². The van der Waals surface area contributed by atoms with Crippen LogP contribution in [0.1, 0.15) is 6.92 Å². The van der Waals surface area contributed by atoms with Crippen molar-refractivity contribution in [2.75, 3.05) is 0 Å². The van der Waals surface area contributed by atoms with Gasteiger partial charge in [-0.25, -0.2) is 0 Å². The summed E-state index contributed by atoms with van der Waals surface area (Å²) in [6, 6.07) is 0. The van der Waals surface area contributed by atoms with Gasteiger partial charge in [0.15, 0.2) is 0 Å². The van der Waals surface area contributed by atoms with Crippen LogP contribution in [0.5, 0.6) is 0 Å². The number of hydrogen-bond donors (Lipinski definition) is 0. The van der Waals surface area contributed by atoms with Crippen molar-refractivity contribution in [2.45, 2.75) is 11.8 Å². The molecule has 0 aromatic rings. The van der Waals surface area contributed by atoms with E-state index in [-0.39, 0.29) is 0 Å². The van der Waals surface area contributed by atoms with Gasteiger partial charge in [-0.3, -0.25) is 0 Å². The van der Waals surface area contributed by atoms with Crippen molar-refractivity contribution < 1.29 is 0 Å². The molecule has 0 amide bonds. The number of allylic oxidation sites excluding steroid dienone is 1. The second-order valence-corrected chi connectivity index (χ2v) is 2.65. The Morgan fingerprint density at radius 3 is 2.33 bits per heavy atom.